The second kappa shape index (κ2) is 7.38. The molecule has 0 saturated heterocycles. The van der Waals surface area contributed by atoms with Gasteiger partial charge in [0.1, 0.15) is 5.82 Å². The Bertz CT molecular complexity index is 612. The second-order valence-electron chi connectivity index (χ2n) is 4.92. The summed E-state index contributed by atoms with van der Waals surface area (Å²) >= 11 is 1.64. The van der Waals surface area contributed by atoms with Crippen LogP contribution in [0.5, 0.6) is 0 Å². The maximum absolute atomic E-state index is 13.6. The van der Waals surface area contributed by atoms with Gasteiger partial charge in [0.25, 0.3) is 0 Å². The number of carbonyl (C=O) groups excluding carboxylic acids is 1. The molecule has 110 valence electrons. The summed E-state index contributed by atoms with van der Waals surface area (Å²) in [4.78, 5) is 15.1. The molecular formula is C17H18FNOS. The Morgan fingerprint density at radius 3 is 2.43 bits per heavy atom. The van der Waals surface area contributed by atoms with Crippen molar-refractivity contribution >= 4 is 17.5 Å². The molecule has 0 aliphatic rings. The van der Waals surface area contributed by atoms with E-state index in [9.17, 15) is 9.18 Å². The first-order chi connectivity index (χ1) is 10.1. The Labute approximate surface area is 129 Å². The SMILES string of the molecule is CSc1ccc(C(=O)CN(C)Cc2ccccc2F)cc1. The average molecular weight is 303 g/mol. The third-order valence-electron chi connectivity index (χ3n) is 3.22. The number of benzene rings is 2. The van der Waals surface area contributed by atoms with Gasteiger partial charge < -0.3 is 0 Å². The average Bonchev–Trinajstić information content (AvgIpc) is 2.49. The van der Waals surface area contributed by atoms with Crippen molar-refractivity contribution in [2.75, 3.05) is 19.8 Å². The van der Waals surface area contributed by atoms with E-state index in [0.717, 1.165) is 4.90 Å². The van der Waals surface area contributed by atoms with E-state index >= 15 is 0 Å². The van der Waals surface area contributed by atoms with Gasteiger partial charge in [-0.15, -0.1) is 11.8 Å². The van der Waals surface area contributed by atoms with E-state index in [2.05, 4.69) is 0 Å². The first kappa shape index (κ1) is 15.7. The lowest BCUT2D eigenvalue weighted by molar-refractivity contribution is 0.0942. The zero-order valence-electron chi connectivity index (χ0n) is 12.2. The lowest BCUT2D eigenvalue weighted by atomic mass is 10.1. The van der Waals surface area contributed by atoms with Crippen molar-refractivity contribution in [2.45, 2.75) is 11.4 Å². The highest BCUT2D eigenvalue weighted by Gasteiger charge is 2.11. The number of hydrogen-bond acceptors (Lipinski definition) is 3. The van der Waals surface area contributed by atoms with Crippen molar-refractivity contribution in [3.63, 3.8) is 0 Å². The lowest BCUT2D eigenvalue weighted by Crippen LogP contribution is -2.26. The van der Waals surface area contributed by atoms with Crippen LogP contribution in [0.15, 0.2) is 53.4 Å². The minimum atomic E-state index is -0.235. The largest absolute Gasteiger partial charge is 0.294 e. The van der Waals surface area contributed by atoms with E-state index in [1.165, 1.54) is 6.07 Å². The van der Waals surface area contributed by atoms with Crippen LogP contribution in [-0.2, 0) is 6.54 Å². The zero-order valence-corrected chi connectivity index (χ0v) is 13.0. The molecule has 2 rings (SSSR count). The Balaban J connectivity index is 1.97. The fraction of sp³-hybridized carbons (Fsp3) is 0.235. The molecule has 0 radical (unpaired) electrons. The molecule has 0 aromatic heterocycles. The highest BCUT2D eigenvalue weighted by Crippen LogP contribution is 2.15. The first-order valence-electron chi connectivity index (χ1n) is 6.69. The van der Waals surface area contributed by atoms with Gasteiger partial charge in [-0.1, -0.05) is 30.3 Å². The van der Waals surface area contributed by atoms with Gasteiger partial charge in [-0.25, -0.2) is 4.39 Å². The normalized spacial score (nSPS) is 10.9. The van der Waals surface area contributed by atoms with Crippen LogP contribution in [0, 0.1) is 5.82 Å². The van der Waals surface area contributed by atoms with Crippen molar-refractivity contribution < 1.29 is 9.18 Å². The van der Waals surface area contributed by atoms with Gasteiger partial charge in [0.2, 0.25) is 0 Å². The summed E-state index contributed by atoms with van der Waals surface area (Å²) in [5.74, 6) is -0.192. The number of likely N-dealkylation sites (N-methyl/N-ethyl adjacent to an activating group) is 1. The summed E-state index contributed by atoms with van der Waals surface area (Å²) in [5.41, 5.74) is 1.29. The Kier molecular flexibility index (Phi) is 5.53. The minimum Gasteiger partial charge on any atom is -0.294 e. The fourth-order valence-electron chi connectivity index (χ4n) is 2.09. The molecule has 2 aromatic carbocycles. The lowest BCUT2D eigenvalue weighted by Gasteiger charge is -2.16. The number of rotatable bonds is 6. The molecule has 2 aromatic rings. The molecule has 0 amide bonds. The van der Waals surface area contributed by atoms with Crippen molar-refractivity contribution in [1.29, 1.82) is 0 Å². The van der Waals surface area contributed by atoms with Gasteiger partial charge in [-0.3, -0.25) is 9.69 Å². The van der Waals surface area contributed by atoms with Crippen LogP contribution in [0.1, 0.15) is 15.9 Å². The second-order valence-corrected chi connectivity index (χ2v) is 5.80. The van der Waals surface area contributed by atoms with Crippen LogP contribution < -0.4 is 0 Å². The number of nitrogens with zero attached hydrogens (tertiary/aromatic N) is 1. The summed E-state index contributed by atoms with van der Waals surface area (Å²) in [6.07, 6.45) is 2.00. The summed E-state index contributed by atoms with van der Waals surface area (Å²) < 4.78 is 13.6. The van der Waals surface area contributed by atoms with Crippen LogP contribution in [0.25, 0.3) is 0 Å². The minimum absolute atomic E-state index is 0.0430. The van der Waals surface area contributed by atoms with Gasteiger partial charge in [0.15, 0.2) is 5.78 Å². The number of carbonyl (C=O) groups is 1. The molecule has 2 nitrogen and oxygen atoms in total. The highest BCUT2D eigenvalue weighted by molar-refractivity contribution is 7.98. The molecule has 0 aliphatic heterocycles. The third-order valence-corrected chi connectivity index (χ3v) is 3.97. The van der Waals surface area contributed by atoms with Crippen LogP contribution in [0.3, 0.4) is 0 Å². The molecule has 0 unspecified atom stereocenters. The molecule has 0 heterocycles. The molecular weight excluding hydrogens is 285 g/mol. The highest BCUT2D eigenvalue weighted by atomic mass is 32.2. The first-order valence-corrected chi connectivity index (χ1v) is 7.92. The summed E-state index contributed by atoms with van der Waals surface area (Å²) in [5, 5.41) is 0. The molecule has 4 heteroatoms. The van der Waals surface area contributed by atoms with Crippen LogP contribution in [0.4, 0.5) is 4.39 Å². The van der Waals surface area contributed by atoms with Crippen LogP contribution in [0.2, 0.25) is 0 Å². The monoisotopic (exact) mass is 303 g/mol. The standard InChI is InChI=1S/C17H18FNOS/c1-19(11-14-5-3-4-6-16(14)18)12-17(20)13-7-9-15(21-2)10-8-13/h3-10H,11-12H2,1-2H3. The van der Waals surface area contributed by atoms with E-state index in [0.29, 0.717) is 17.7 Å². The summed E-state index contributed by atoms with van der Waals surface area (Å²) in [6.45, 7) is 0.689. The summed E-state index contributed by atoms with van der Waals surface area (Å²) in [7, 11) is 1.82. The predicted octanol–water partition coefficient (Wildman–Crippen LogP) is 3.86. The smallest absolute Gasteiger partial charge is 0.176 e. The van der Waals surface area contributed by atoms with E-state index in [1.54, 1.807) is 30.0 Å². The molecule has 0 saturated carbocycles. The van der Waals surface area contributed by atoms with Crippen molar-refractivity contribution in [1.82, 2.24) is 4.90 Å². The molecule has 0 aliphatic carbocycles. The number of hydrogen-bond donors (Lipinski definition) is 0. The van der Waals surface area contributed by atoms with E-state index in [-0.39, 0.29) is 18.1 Å². The van der Waals surface area contributed by atoms with Crippen molar-refractivity contribution in [2.24, 2.45) is 0 Å². The number of halogens is 1. The fourth-order valence-corrected chi connectivity index (χ4v) is 2.49. The van der Waals surface area contributed by atoms with Crippen molar-refractivity contribution in [3.8, 4) is 0 Å². The van der Waals surface area contributed by atoms with Gasteiger partial charge in [0.05, 0.1) is 6.54 Å². The molecule has 0 spiro atoms. The molecule has 21 heavy (non-hydrogen) atoms. The maximum Gasteiger partial charge on any atom is 0.176 e. The number of Topliss-reactive ketones (excluding diaryl/α,β-unsaturated/α-hetero) is 1. The van der Waals surface area contributed by atoms with E-state index in [4.69, 9.17) is 0 Å². The molecule has 0 fully saturated rings. The topological polar surface area (TPSA) is 20.3 Å². The van der Waals surface area contributed by atoms with E-state index in [1.807, 2.05) is 42.5 Å². The maximum atomic E-state index is 13.6. The van der Waals surface area contributed by atoms with Crippen LogP contribution >= 0.6 is 11.8 Å². The van der Waals surface area contributed by atoms with Gasteiger partial charge in [0, 0.05) is 22.6 Å². The molecule has 0 N–H and O–H groups in total. The van der Waals surface area contributed by atoms with Gasteiger partial charge >= 0.3 is 0 Å². The van der Waals surface area contributed by atoms with E-state index < -0.39 is 0 Å². The van der Waals surface area contributed by atoms with Gasteiger partial charge in [-0.05, 0) is 31.5 Å². The van der Waals surface area contributed by atoms with Crippen molar-refractivity contribution in [3.05, 3.63) is 65.5 Å². The number of thioether (sulfide) groups is 1. The molecule has 0 bridgehead atoms. The Hall–Kier alpha value is -1.65. The zero-order chi connectivity index (χ0) is 15.2. The quantitative estimate of drug-likeness (QED) is 0.597. The Morgan fingerprint density at radius 2 is 1.81 bits per heavy atom. The van der Waals surface area contributed by atoms with Crippen LogP contribution in [-0.4, -0.2) is 30.5 Å². The molecule has 0 atom stereocenters. The number of ketones is 1. The predicted molar refractivity (Wildman–Crippen MR) is 85.3 cm³/mol. The summed E-state index contributed by atoms with van der Waals surface area (Å²) in [6, 6.07) is 14.2. The Morgan fingerprint density at radius 1 is 1.14 bits per heavy atom. The third kappa shape index (κ3) is 4.41. The van der Waals surface area contributed by atoms with Gasteiger partial charge in [-0.2, -0.15) is 0 Å².